The predicted octanol–water partition coefficient (Wildman–Crippen LogP) is 3.02. The Bertz CT molecular complexity index is 931. The fourth-order valence-electron chi connectivity index (χ4n) is 2.73. The van der Waals surface area contributed by atoms with E-state index in [1.165, 1.54) is 0 Å². The summed E-state index contributed by atoms with van der Waals surface area (Å²) in [6.45, 7) is 2.11. The molecule has 1 heterocycles. The summed E-state index contributed by atoms with van der Waals surface area (Å²) in [7, 11) is 1.71. The maximum atomic E-state index is 13.0. The van der Waals surface area contributed by atoms with Gasteiger partial charge in [0, 0.05) is 24.7 Å². The summed E-state index contributed by atoms with van der Waals surface area (Å²) in [5.74, 6) is -0.181. The van der Waals surface area contributed by atoms with E-state index in [0.717, 1.165) is 11.1 Å². The van der Waals surface area contributed by atoms with Crippen molar-refractivity contribution in [1.29, 1.82) is 0 Å². The van der Waals surface area contributed by atoms with Gasteiger partial charge in [-0.1, -0.05) is 47.6 Å². The number of nitrogens with two attached hydrogens (primary N) is 1. The lowest BCUT2D eigenvalue weighted by Gasteiger charge is -2.17. The van der Waals surface area contributed by atoms with Gasteiger partial charge in [-0.25, -0.2) is 0 Å². The minimum Gasteiger partial charge on any atom is -0.366 e. The first kappa shape index (κ1) is 17.4. The molecule has 2 N–H and O–H groups in total. The molecule has 0 spiro atoms. The Labute approximate surface area is 151 Å². The Kier molecular flexibility index (Phi) is 4.84. The first-order chi connectivity index (χ1) is 12.5. The number of nitrogens with zero attached hydrogens (tertiary/aromatic N) is 2. The fraction of sp³-hybridized carbons (Fsp3) is 0.150. The van der Waals surface area contributed by atoms with Crippen molar-refractivity contribution >= 4 is 11.8 Å². The Balaban J connectivity index is 1.83. The van der Waals surface area contributed by atoms with E-state index in [4.69, 9.17) is 10.3 Å². The van der Waals surface area contributed by atoms with Crippen LogP contribution >= 0.6 is 0 Å². The minimum absolute atomic E-state index is 0.179. The van der Waals surface area contributed by atoms with Crippen molar-refractivity contribution in [2.75, 3.05) is 7.05 Å². The van der Waals surface area contributed by atoms with Gasteiger partial charge in [-0.15, -0.1) is 0 Å². The van der Waals surface area contributed by atoms with Crippen LogP contribution in [0.25, 0.3) is 11.3 Å². The summed E-state index contributed by atoms with van der Waals surface area (Å²) in [5.41, 5.74) is 8.38. The zero-order valence-corrected chi connectivity index (χ0v) is 14.6. The Morgan fingerprint density at radius 1 is 1.08 bits per heavy atom. The number of amides is 2. The van der Waals surface area contributed by atoms with Gasteiger partial charge < -0.3 is 15.2 Å². The summed E-state index contributed by atoms with van der Waals surface area (Å²) in [5, 5.41) is 4.05. The smallest absolute Gasteiger partial charge is 0.259 e. The predicted molar refractivity (Wildman–Crippen MR) is 97.4 cm³/mol. The molecule has 0 fully saturated rings. The zero-order chi connectivity index (χ0) is 18.7. The van der Waals surface area contributed by atoms with E-state index in [2.05, 4.69) is 5.16 Å². The standard InChI is InChI=1S/C20H19N3O3/c1-13-17(18(22-26-13)15-6-4-3-5-7-15)20(25)23(2)12-14-8-10-16(11-9-14)19(21)24/h3-11H,12H2,1-2H3,(H2,21,24). The van der Waals surface area contributed by atoms with Crippen molar-refractivity contribution in [3.63, 3.8) is 0 Å². The highest BCUT2D eigenvalue weighted by Gasteiger charge is 2.24. The summed E-state index contributed by atoms with van der Waals surface area (Å²) in [6.07, 6.45) is 0. The Morgan fingerprint density at radius 3 is 2.35 bits per heavy atom. The molecule has 0 aliphatic heterocycles. The van der Waals surface area contributed by atoms with Gasteiger partial charge in [0.25, 0.3) is 5.91 Å². The maximum Gasteiger partial charge on any atom is 0.259 e. The minimum atomic E-state index is -0.478. The van der Waals surface area contributed by atoms with Crippen LogP contribution < -0.4 is 5.73 Å². The van der Waals surface area contributed by atoms with Crippen LogP contribution in [0.3, 0.4) is 0 Å². The van der Waals surface area contributed by atoms with Crippen LogP contribution in [0, 0.1) is 6.92 Å². The van der Waals surface area contributed by atoms with Gasteiger partial charge in [-0.3, -0.25) is 9.59 Å². The molecule has 3 aromatic rings. The normalized spacial score (nSPS) is 10.5. The first-order valence-electron chi connectivity index (χ1n) is 8.13. The third kappa shape index (κ3) is 3.49. The van der Waals surface area contributed by atoms with E-state index in [1.54, 1.807) is 43.1 Å². The highest BCUT2D eigenvalue weighted by atomic mass is 16.5. The Morgan fingerprint density at radius 2 is 1.73 bits per heavy atom. The number of carbonyl (C=O) groups excluding carboxylic acids is 2. The first-order valence-corrected chi connectivity index (χ1v) is 8.13. The number of hydrogen-bond donors (Lipinski definition) is 1. The molecule has 0 radical (unpaired) electrons. The molecule has 132 valence electrons. The highest BCUT2D eigenvalue weighted by Crippen LogP contribution is 2.26. The molecule has 2 amide bonds. The van der Waals surface area contributed by atoms with Crippen LogP contribution in [0.4, 0.5) is 0 Å². The van der Waals surface area contributed by atoms with Crippen molar-refractivity contribution in [3.05, 3.63) is 77.0 Å². The molecule has 1 aromatic heterocycles. The Hall–Kier alpha value is -3.41. The number of rotatable bonds is 5. The van der Waals surface area contributed by atoms with Crippen LogP contribution in [0.15, 0.2) is 59.1 Å². The van der Waals surface area contributed by atoms with Gasteiger partial charge in [0.05, 0.1) is 0 Å². The monoisotopic (exact) mass is 349 g/mol. The van der Waals surface area contributed by atoms with E-state index >= 15 is 0 Å². The summed E-state index contributed by atoms with van der Waals surface area (Å²) in [6, 6.07) is 16.3. The van der Waals surface area contributed by atoms with E-state index in [-0.39, 0.29) is 5.91 Å². The van der Waals surface area contributed by atoms with Gasteiger partial charge in [-0.2, -0.15) is 0 Å². The van der Waals surface area contributed by atoms with Crippen LogP contribution in [0.5, 0.6) is 0 Å². The van der Waals surface area contributed by atoms with Gasteiger partial charge in [-0.05, 0) is 24.6 Å². The lowest BCUT2D eigenvalue weighted by atomic mass is 10.0. The average molecular weight is 349 g/mol. The van der Waals surface area contributed by atoms with Crippen LogP contribution in [-0.2, 0) is 6.54 Å². The van der Waals surface area contributed by atoms with Crippen molar-refractivity contribution in [3.8, 4) is 11.3 Å². The van der Waals surface area contributed by atoms with E-state index in [9.17, 15) is 9.59 Å². The second kappa shape index (κ2) is 7.23. The SMILES string of the molecule is Cc1onc(-c2ccccc2)c1C(=O)N(C)Cc1ccc(C(N)=O)cc1. The molecule has 2 aromatic carbocycles. The molecule has 0 saturated heterocycles. The molecule has 0 aliphatic rings. The van der Waals surface area contributed by atoms with Gasteiger partial charge in [0.15, 0.2) is 0 Å². The second-order valence-corrected chi connectivity index (χ2v) is 6.05. The van der Waals surface area contributed by atoms with Crippen molar-refractivity contribution in [2.24, 2.45) is 5.73 Å². The third-order valence-corrected chi connectivity index (χ3v) is 4.13. The molecule has 0 bridgehead atoms. The van der Waals surface area contributed by atoms with Gasteiger partial charge in [0.2, 0.25) is 5.91 Å². The number of benzene rings is 2. The maximum absolute atomic E-state index is 13.0. The number of carbonyl (C=O) groups is 2. The lowest BCUT2D eigenvalue weighted by molar-refractivity contribution is 0.0783. The third-order valence-electron chi connectivity index (χ3n) is 4.13. The van der Waals surface area contributed by atoms with E-state index in [1.807, 2.05) is 30.3 Å². The van der Waals surface area contributed by atoms with Gasteiger partial charge in [0.1, 0.15) is 17.0 Å². The lowest BCUT2D eigenvalue weighted by Crippen LogP contribution is -2.27. The van der Waals surface area contributed by atoms with E-state index < -0.39 is 5.91 Å². The van der Waals surface area contributed by atoms with Crippen molar-refractivity contribution in [2.45, 2.75) is 13.5 Å². The molecule has 26 heavy (non-hydrogen) atoms. The number of hydrogen-bond acceptors (Lipinski definition) is 4. The van der Waals surface area contributed by atoms with Crippen LogP contribution in [0.2, 0.25) is 0 Å². The highest BCUT2D eigenvalue weighted by molar-refractivity contribution is 6.00. The summed E-state index contributed by atoms with van der Waals surface area (Å²) < 4.78 is 5.26. The summed E-state index contributed by atoms with van der Waals surface area (Å²) in [4.78, 5) is 25.7. The average Bonchev–Trinajstić information content (AvgIpc) is 3.03. The van der Waals surface area contributed by atoms with Crippen LogP contribution in [-0.4, -0.2) is 28.9 Å². The van der Waals surface area contributed by atoms with Crippen LogP contribution in [0.1, 0.15) is 32.0 Å². The molecule has 0 aliphatic carbocycles. The largest absolute Gasteiger partial charge is 0.366 e. The number of aromatic nitrogens is 1. The molecule has 3 rings (SSSR count). The van der Waals surface area contributed by atoms with Crippen molar-refractivity contribution in [1.82, 2.24) is 10.1 Å². The molecule has 6 heteroatoms. The number of primary amides is 1. The molecular formula is C20H19N3O3. The molecular weight excluding hydrogens is 330 g/mol. The molecule has 6 nitrogen and oxygen atoms in total. The molecule has 0 atom stereocenters. The number of aryl methyl sites for hydroxylation is 1. The molecule has 0 saturated carbocycles. The van der Waals surface area contributed by atoms with Crippen molar-refractivity contribution < 1.29 is 14.1 Å². The quantitative estimate of drug-likeness (QED) is 0.767. The zero-order valence-electron chi connectivity index (χ0n) is 14.6. The van der Waals surface area contributed by atoms with Gasteiger partial charge >= 0.3 is 0 Å². The summed E-state index contributed by atoms with van der Waals surface area (Å²) >= 11 is 0. The second-order valence-electron chi connectivity index (χ2n) is 6.05. The fourth-order valence-corrected chi connectivity index (χ4v) is 2.73. The molecule has 0 unspecified atom stereocenters. The topological polar surface area (TPSA) is 89.4 Å². The van der Waals surface area contributed by atoms with E-state index in [0.29, 0.717) is 29.1 Å².